The standard InChI is InChI=1S/C28H36F3N3O4/c1-17(2)24-33-22(25(36)34(24)16-19-13-9-10-14-20(19)28(29,30)31)23(35)21(15-18-11-7-6-8-12-18)32-26(37)38-27(3,4)5/h6-14,17,21-24,33,35H,15-16H2,1-5H3,(H,32,37)/t21-,22-,23-,24?/m0/s1. The molecule has 1 unspecified atom stereocenters. The number of aliphatic hydroxyl groups is 1. The van der Waals surface area contributed by atoms with Gasteiger partial charge in [0.25, 0.3) is 0 Å². The van der Waals surface area contributed by atoms with Crippen LogP contribution < -0.4 is 10.6 Å². The number of benzene rings is 2. The van der Waals surface area contributed by atoms with Crippen molar-refractivity contribution in [2.45, 2.75) is 83.7 Å². The van der Waals surface area contributed by atoms with Gasteiger partial charge >= 0.3 is 12.3 Å². The quantitative estimate of drug-likeness (QED) is 0.464. The van der Waals surface area contributed by atoms with E-state index in [1.165, 1.54) is 23.1 Å². The highest BCUT2D eigenvalue weighted by molar-refractivity contribution is 5.85. The molecule has 1 fully saturated rings. The molecule has 2 aromatic carbocycles. The van der Waals surface area contributed by atoms with Gasteiger partial charge in [-0.05, 0) is 50.3 Å². The van der Waals surface area contributed by atoms with Crippen LogP contribution in [0.2, 0.25) is 0 Å². The number of hydrogen-bond donors (Lipinski definition) is 3. The Morgan fingerprint density at radius 3 is 2.26 bits per heavy atom. The molecule has 1 saturated heterocycles. The second kappa shape index (κ2) is 11.7. The summed E-state index contributed by atoms with van der Waals surface area (Å²) in [7, 11) is 0. The number of nitrogens with zero attached hydrogens (tertiary/aromatic N) is 1. The van der Waals surface area contributed by atoms with Crippen LogP contribution in [0.5, 0.6) is 0 Å². The molecule has 38 heavy (non-hydrogen) atoms. The molecular formula is C28H36F3N3O4. The molecule has 2 amide bonds. The molecular weight excluding hydrogens is 499 g/mol. The van der Waals surface area contributed by atoms with Crippen molar-refractivity contribution < 1.29 is 32.6 Å². The summed E-state index contributed by atoms with van der Waals surface area (Å²) in [6.07, 6.45) is -7.13. The predicted octanol–water partition coefficient (Wildman–Crippen LogP) is 4.48. The van der Waals surface area contributed by atoms with Gasteiger partial charge in [0.05, 0.1) is 23.9 Å². The average molecular weight is 536 g/mol. The van der Waals surface area contributed by atoms with Gasteiger partial charge < -0.3 is 20.1 Å². The minimum absolute atomic E-state index is 0.0383. The summed E-state index contributed by atoms with van der Waals surface area (Å²) in [6.45, 7) is 8.52. The lowest BCUT2D eigenvalue weighted by molar-refractivity contribution is -0.140. The number of carbonyl (C=O) groups excluding carboxylic acids is 2. The summed E-state index contributed by atoms with van der Waals surface area (Å²) in [5.41, 5.74) is -0.815. The number of ether oxygens (including phenoxy) is 1. The summed E-state index contributed by atoms with van der Waals surface area (Å²) in [6, 6.07) is 12.2. The lowest BCUT2D eigenvalue weighted by Gasteiger charge is -2.29. The molecule has 208 valence electrons. The van der Waals surface area contributed by atoms with Gasteiger partial charge in [-0.25, -0.2) is 4.79 Å². The molecule has 0 aromatic heterocycles. The van der Waals surface area contributed by atoms with Crippen molar-refractivity contribution in [2.24, 2.45) is 5.92 Å². The topological polar surface area (TPSA) is 90.9 Å². The number of alkyl halides is 3. The molecule has 10 heteroatoms. The SMILES string of the molecule is CC(C)C1N[C@@H]([C@@H](O)[C@H](Cc2ccccc2)NC(=O)OC(C)(C)C)C(=O)N1Cc1ccccc1C(F)(F)F. The number of alkyl carbamates (subject to hydrolysis) is 1. The summed E-state index contributed by atoms with van der Waals surface area (Å²) < 4.78 is 46.2. The predicted molar refractivity (Wildman–Crippen MR) is 137 cm³/mol. The van der Waals surface area contributed by atoms with Crippen LogP contribution in [0.1, 0.15) is 51.3 Å². The fourth-order valence-electron chi connectivity index (χ4n) is 4.57. The second-order valence-electron chi connectivity index (χ2n) is 10.9. The van der Waals surface area contributed by atoms with Gasteiger partial charge in [-0.3, -0.25) is 10.1 Å². The molecule has 0 aliphatic carbocycles. The largest absolute Gasteiger partial charge is 0.444 e. The molecule has 1 aliphatic heterocycles. The minimum atomic E-state index is -4.57. The van der Waals surface area contributed by atoms with Crippen LogP contribution in [0.3, 0.4) is 0 Å². The summed E-state index contributed by atoms with van der Waals surface area (Å²) in [5, 5.41) is 17.2. The van der Waals surface area contributed by atoms with E-state index in [2.05, 4.69) is 10.6 Å². The van der Waals surface area contributed by atoms with E-state index < -0.39 is 53.7 Å². The van der Waals surface area contributed by atoms with Crippen LogP contribution >= 0.6 is 0 Å². The lowest BCUT2D eigenvalue weighted by atomic mass is 9.96. The number of hydrogen-bond acceptors (Lipinski definition) is 5. The van der Waals surface area contributed by atoms with Gasteiger partial charge in [0.2, 0.25) is 5.91 Å². The number of carbonyl (C=O) groups is 2. The van der Waals surface area contributed by atoms with Gasteiger partial charge in [-0.1, -0.05) is 62.4 Å². The van der Waals surface area contributed by atoms with E-state index >= 15 is 0 Å². The van der Waals surface area contributed by atoms with Crippen LogP contribution in [0, 0.1) is 5.92 Å². The molecule has 3 N–H and O–H groups in total. The first-order chi connectivity index (χ1) is 17.7. The van der Waals surface area contributed by atoms with Crippen molar-refractivity contribution >= 4 is 12.0 Å². The highest BCUT2D eigenvalue weighted by Crippen LogP contribution is 2.34. The third-order valence-corrected chi connectivity index (χ3v) is 6.28. The number of amides is 2. The first kappa shape index (κ1) is 29.4. The number of rotatable bonds is 8. The first-order valence-electron chi connectivity index (χ1n) is 12.6. The molecule has 7 nitrogen and oxygen atoms in total. The number of halogens is 3. The number of aliphatic hydroxyl groups excluding tert-OH is 1. The third kappa shape index (κ3) is 7.48. The van der Waals surface area contributed by atoms with Crippen LogP contribution in [-0.4, -0.2) is 52.0 Å². The van der Waals surface area contributed by atoms with E-state index in [1.807, 2.05) is 44.2 Å². The van der Waals surface area contributed by atoms with E-state index in [-0.39, 0.29) is 24.4 Å². The molecule has 1 aliphatic rings. The highest BCUT2D eigenvalue weighted by atomic mass is 19.4. The zero-order chi connectivity index (χ0) is 28.3. The fourth-order valence-corrected chi connectivity index (χ4v) is 4.57. The Bertz CT molecular complexity index is 1100. The fraction of sp³-hybridized carbons (Fsp3) is 0.500. The lowest BCUT2D eigenvalue weighted by Crippen LogP contribution is -2.55. The maximum atomic E-state index is 13.6. The van der Waals surface area contributed by atoms with Crippen LogP contribution in [0.25, 0.3) is 0 Å². The summed E-state index contributed by atoms with van der Waals surface area (Å²) >= 11 is 0. The van der Waals surface area contributed by atoms with Gasteiger partial charge in [0.1, 0.15) is 11.6 Å². The Balaban J connectivity index is 1.88. The van der Waals surface area contributed by atoms with Crippen molar-refractivity contribution in [3.63, 3.8) is 0 Å². The Kier molecular flexibility index (Phi) is 9.09. The van der Waals surface area contributed by atoms with E-state index in [1.54, 1.807) is 20.8 Å². The zero-order valence-electron chi connectivity index (χ0n) is 22.3. The van der Waals surface area contributed by atoms with Crippen molar-refractivity contribution in [3.8, 4) is 0 Å². The zero-order valence-corrected chi connectivity index (χ0v) is 22.3. The smallest absolute Gasteiger partial charge is 0.416 e. The average Bonchev–Trinajstić information content (AvgIpc) is 3.13. The van der Waals surface area contributed by atoms with E-state index in [0.717, 1.165) is 11.6 Å². The van der Waals surface area contributed by atoms with Gasteiger partial charge in [0, 0.05) is 6.54 Å². The summed E-state index contributed by atoms with van der Waals surface area (Å²) in [4.78, 5) is 27.5. The van der Waals surface area contributed by atoms with Crippen molar-refractivity contribution in [1.29, 1.82) is 0 Å². The molecule has 2 aromatic rings. The van der Waals surface area contributed by atoms with Crippen molar-refractivity contribution in [2.75, 3.05) is 0 Å². The maximum Gasteiger partial charge on any atom is 0.416 e. The van der Waals surface area contributed by atoms with Gasteiger partial charge in [0.15, 0.2) is 0 Å². The van der Waals surface area contributed by atoms with E-state index in [4.69, 9.17) is 4.74 Å². The Morgan fingerprint density at radius 1 is 1.08 bits per heavy atom. The minimum Gasteiger partial charge on any atom is -0.444 e. The monoisotopic (exact) mass is 535 g/mol. The summed E-state index contributed by atoms with van der Waals surface area (Å²) in [5.74, 6) is -0.710. The molecule has 1 heterocycles. The highest BCUT2D eigenvalue weighted by Gasteiger charge is 2.47. The second-order valence-corrected chi connectivity index (χ2v) is 10.9. The number of nitrogens with one attached hydrogen (secondary N) is 2. The molecule has 0 saturated carbocycles. The van der Waals surface area contributed by atoms with Gasteiger partial charge in [-0.15, -0.1) is 0 Å². The van der Waals surface area contributed by atoms with Crippen molar-refractivity contribution in [3.05, 3.63) is 71.3 Å². The van der Waals surface area contributed by atoms with Crippen LogP contribution in [0.15, 0.2) is 54.6 Å². The normalized spacial score (nSPS) is 19.9. The molecule has 3 rings (SSSR count). The molecule has 0 bridgehead atoms. The van der Waals surface area contributed by atoms with Crippen LogP contribution in [-0.2, 0) is 28.7 Å². The van der Waals surface area contributed by atoms with E-state index in [9.17, 15) is 27.9 Å². The third-order valence-electron chi connectivity index (χ3n) is 6.28. The van der Waals surface area contributed by atoms with Crippen LogP contribution in [0.4, 0.5) is 18.0 Å². The maximum absolute atomic E-state index is 13.6. The van der Waals surface area contributed by atoms with Crippen molar-refractivity contribution in [1.82, 2.24) is 15.5 Å². The molecule has 0 spiro atoms. The van der Waals surface area contributed by atoms with E-state index in [0.29, 0.717) is 0 Å². The Morgan fingerprint density at radius 2 is 1.68 bits per heavy atom. The molecule has 0 radical (unpaired) electrons. The molecule has 4 atom stereocenters. The Hall–Kier alpha value is -3.11. The Labute approximate surface area is 221 Å². The van der Waals surface area contributed by atoms with Gasteiger partial charge in [-0.2, -0.15) is 13.2 Å². The first-order valence-corrected chi connectivity index (χ1v) is 12.6.